The standard InChI is InChI=1S/C11H14BrNO/c1-14-11-6-8-7(5-9(11)12)3-2-4-10(8)13/h5-6,10H,2-4,13H2,1H3/t10-/m1/s1. The molecule has 1 aromatic carbocycles. The van der Waals surface area contributed by atoms with E-state index in [0.717, 1.165) is 23.1 Å². The van der Waals surface area contributed by atoms with Crippen LogP contribution in [0.1, 0.15) is 30.0 Å². The highest BCUT2D eigenvalue weighted by Crippen LogP contribution is 2.35. The second kappa shape index (κ2) is 3.91. The van der Waals surface area contributed by atoms with Gasteiger partial charge in [-0.15, -0.1) is 0 Å². The molecule has 2 rings (SSSR count). The Morgan fingerprint density at radius 1 is 1.50 bits per heavy atom. The molecule has 14 heavy (non-hydrogen) atoms. The first-order valence-electron chi connectivity index (χ1n) is 4.84. The summed E-state index contributed by atoms with van der Waals surface area (Å²) >= 11 is 3.49. The molecule has 0 bridgehead atoms. The van der Waals surface area contributed by atoms with Crippen molar-refractivity contribution in [3.63, 3.8) is 0 Å². The van der Waals surface area contributed by atoms with E-state index < -0.39 is 0 Å². The van der Waals surface area contributed by atoms with Crippen LogP contribution in [-0.2, 0) is 6.42 Å². The number of hydrogen-bond donors (Lipinski definition) is 1. The van der Waals surface area contributed by atoms with Gasteiger partial charge in [-0.05, 0) is 58.5 Å². The van der Waals surface area contributed by atoms with Gasteiger partial charge in [0, 0.05) is 6.04 Å². The number of benzene rings is 1. The third-order valence-electron chi connectivity index (χ3n) is 2.77. The maximum Gasteiger partial charge on any atom is 0.133 e. The van der Waals surface area contributed by atoms with Crippen LogP contribution in [0.5, 0.6) is 5.75 Å². The second-order valence-corrected chi connectivity index (χ2v) is 4.54. The fourth-order valence-corrected chi connectivity index (χ4v) is 2.55. The normalized spacial score (nSPS) is 20.4. The van der Waals surface area contributed by atoms with Crippen molar-refractivity contribution in [2.75, 3.05) is 7.11 Å². The average Bonchev–Trinajstić information content (AvgIpc) is 2.17. The fourth-order valence-electron chi connectivity index (χ4n) is 2.00. The van der Waals surface area contributed by atoms with Crippen molar-refractivity contribution >= 4 is 15.9 Å². The Kier molecular flexibility index (Phi) is 2.79. The SMILES string of the molecule is COc1cc2c(cc1Br)CCC[C@H]2N. The molecule has 76 valence electrons. The monoisotopic (exact) mass is 255 g/mol. The van der Waals surface area contributed by atoms with Gasteiger partial charge in [-0.2, -0.15) is 0 Å². The van der Waals surface area contributed by atoms with Gasteiger partial charge in [0.2, 0.25) is 0 Å². The summed E-state index contributed by atoms with van der Waals surface area (Å²) in [6.07, 6.45) is 3.40. The van der Waals surface area contributed by atoms with E-state index in [1.165, 1.54) is 17.5 Å². The van der Waals surface area contributed by atoms with Gasteiger partial charge >= 0.3 is 0 Å². The number of aryl methyl sites for hydroxylation is 1. The first-order chi connectivity index (χ1) is 6.72. The van der Waals surface area contributed by atoms with Gasteiger partial charge in [-0.3, -0.25) is 0 Å². The first kappa shape index (κ1) is 9.99. The van der Waals surface area contributed by atoms with Crippen molar-refractivity contribution in [3.05, 3.63) is 27.7 Å². The Balaban J connectivity index is 2.49. The summed E-state index contributed by atoms with van der Waals surface area (Å²) in [4.78, 5) is 0. The van der Waals surface area contributed by atoms with Crippen LogP contribution < -0.4 is 10.5 Å². The topological polar surface area (TPSA) is 35.2 Å². The molecule has 0 aromatic heterocycles. The average molecular weight is 256 g/mol. The van der Waals surface area contributed by atoms with Crippen LogP contribution in [0.3, 0.4) is 0 Å². The van der Waals surface area contributed by atoms with E-state index in [4.69, 9.17) is 10.5 Å². The Hall–Kier alpha value is -0.540. The summed E-state index contributed by atoms with van der Waals surface area (Å²) < 4.78 is 6.28. The van der Waals surface area contributed by atoms with Gasteiger partial charge in [0.05, 0.1) is 11.6 Å². The third-order valence-corrected chi connectivity index (χ3v) is 3.39. The number of ether oxygens (including phenoxy) is 1. The Morgan fingerprint density at radius 3 is 3.00 bits per heavy atom. The van der Waals surface area contributed by atoms with Gasteiger partial charge in [0.1, 0.15) is 5.75 Å². The fraction of sp³-hybridized carbons (Fsp3) is 0.455. The summed E-state index contributed by atoms with van der Waals surface area (Å²) in [6.45, 7) is 0. The molecule has 0 heterocycles. The molecule has 1 atom stereocenters. The maximum absolute atomic E-state index is 6.05. The molecule has 0 unspecified atom stereocenters. The zero-order valence-electron chi connectivity index (χ0n) is 8.22. The third kappa shape index (κ3) is 1.66. The van der Waals surface area contributed by atoms with Crippen molar-refractivity contribution in [3.8, 4) is 5.75 Å². The minimum absolute atomic E-state index is 0.181. The lowest BCUT2D eigenvalue weighted by Crippen LogP contribution is -2.17. The van der Waals surface area contributed by atoms with Gasteiger partial charge < -0.3 is 10.5 Å². The smallest absolute Gasteiger partial charge is 0.133 e. The summed E-state index contributed by atoms with van der Waals surface area (Å²) in [5, 5.41) is 0. The van der Waals surface area contributed by atoms with Gasteiger partial charge in [-0.1, -0.05) is 0 Å². The lowest BCUT2D eigenvalue weighted by molar-refractivity contribution is 0.409. The zero-order valence-corrected chi connectivity index (χ0v) is 9.80. The van der Waals surface area contributed by atoms with Gasteiger partial charge in [0.25, 0.3) is 0 Å². The number of hydrogen-bond acceptors (Lipinski definition) is 2. The van der Waals surface area contributed by atoms with E-state index in [1.807, 2.05) is 0 Å². The molecule has 0 radical (unpaired) electrons. The highest BCUT2D eigenvalue weighted by Gasteiger charge is 2.18. The van der Waals surface area contributed by atoms with Crippen molar-refractivity contribution in [1.29, 1.82) is 0 Å². The van der Waals surface area contributed by atoms with E-state index in [0.29, 0.717) is 0 Å². The van der Waals surface area contributed by atoms with Crippen molar-refractivity contribution in [2.45, 2.75) is 25.3 Å². The molecular weight excluding hydrogens is 242 g/mol. The molecule has 1 aliphatic rings. The lowest BCUT2D eigenvalue weighted by atomic mass is 9.88. The minimum atomic E-state index is 0.181. The van der Waals surface area contributed by atoms with Crippen LogP contribution >= 0.6 is 15.9 Å². The zero-order chi connectivity index (χ0) is 10.1. The number of fused-ring (bicyclic) bond motifs is 1. The van der Waals surface area contributed by atoms with Crippen molar-refractivity contribution in [2.24, 2.45) is 5.73 Å². The molecule has 2 N–H and O–H groups in total. The summed E-state index contributed by atoms with van der Waals surface area (Å²) in [5.41, 5.74) is 8.65. The summed E-state index contributed by atoms with van der Waals surface area (Å²) in [5.74, 6) is 0.876. The quantitative estimate of drug-likeness (QED) is 0.838. The molecule has 0 fully saturated rings. The molecule has 3 heteroatoms. The van der Waals surface area contributed by atoms with E-state index in [2.05, 4.69) is 28.1 Å². The van der Waals surface area contributed by atoms with E-state index in [9.17, 15) is 0 Å². The number of halogens is 1. The van der Waals surface area contributed by atoms with Crippen LogP contribution in [0.15, 0.2) is 16.6 Å². The summed E-state index contributed by atoms with van der Waals surface area (Å²) in [7, 11) is 1.68. The van der Waals surface area contributed by atoms with E-state index in [1.54, 1.807) is 7.11 Å². The molecule has 2 nitrogen and oxygen atoms in total. The highest BCUT2D eigenvalue weighted by molar-refractivity contribution is 9.10. The number of rotatable bonds is 1. The molecule has 0 saturated heterocycles. The molecular formula is C11H14BrNO. The van der Waals surface area contributed by atoms with E-state index in [-0.39, 0.29) is 6.04 Å². The van der Waals surface area contributed by atoms with Crippen molar-refractivity contribution < 1.29 is 4.74 Å². The molecule has 1 aliphatic carbocycles. The van der Waals surface area contributed by atoms with Gasteiger partial charge in [0.15, 0.2) is 0 Å². The van der Waals surface area contributed by atoms with Crippen molar-refractivity contribution in [1.82, 2.24) is 0 Å². The molecule has 0 spiro atoms. The number of methoxy groups -OCH3 is 1. The molecule has 0 saturated carbocycles. The summed E-state index contributed by atoms with van der Waals surface area (Å²) in [6, 6.07) is 4.37. The van der Waals surface area contributed by atoms with Crippen LogP contribution in [0, 0.1) is 0 Å². The maximum atomic E-state index is 6.05. The van der Waals surface area contributed by atoms with Crippen LogP contribution in [0.4, 0.5) is 0 Å². The molecule has 0 amide bonds. The van der Waals surface area contributed by atoms with E-state index >= 15 is 0 Å². The minimum Gasteiger partial charge on any atom is -0.496 e. The lowest BCUT2D eigenvalue weighted by Gasteiger charge is -2.23. The Morgan fingerprint density at radius 2 is 2.29 bits per heavy atom. The van der Waals surface area contributed by atoms with Crippen LogP contribution in [0.25, 0.3) is 0 Å². The van der Waals surface area contributed by atoms with Crippen LogP contribution in [-0.4, -0.2) is 7.11 Å². The largest absolute Gasteiger partial charge is 0.496 e. The van der Waals surface area contributed by atoms with Crippen LogP contribution in [0.2, 0.25) is 0 Å². The second-order valence-electron chi connectivity index (χ2n) is 3.68. The molecule has 0 aliphatic heterocycles. The Bertz CT molecular complexity index is 351. The highest BCUT2D eigenvalue weighted by atomic mass is 79.9. The number of nitrogens with two attached hydrogens (primary N) is 1. The Labute approximate surface area is 92.6 Å². The first-order valence-corrected chi connectivity index (χ1v) is 5.63. The molecule has 1 aromatic rings. The van der Waals surface area contributed by atoms with Gasteiger partial charge in [-0.25, -0.2) is 0 Å². The predicted molar refractivity (Wildman–Crippen MR) is 60.6 cm³/mol. The predicted octanol–water partition coefficient (Wildman–Crippen LogP) is 2.79.